The number of phenolic OH excluding ortho intramolecular Hbond substituents is 2. The maximum absolute atomic E-state index is 13.9. The molecule has 0 bridgehead atoms. The van der Waals surface area contributed by atoms with Gasteiger partial charge in [0, 0.05) is 61.2 Å². The second-order valence-corrected chi connectivity index (χ2v) is 16.5. The van der Waals surface area contributed by atoms with Crippen LogP contribution in [0, 0.1) is 0 Å². The van der Waals surface area contributed by atoms with E-state index < -0.39 is 96.0 Å². The summed E-state index contributed by atoms with van der Waals surface area (Å²) in [6.07, 6.45) is -5.09. The molecule has 13 atom stereocenters. The number of ether oxygens (including phenoxy) is 7. The van der Waals surface area contributed by atoms with Gasteiger partial charge in [0.25, 0.3) is 0 Å². The SMILES string of the molecule is CC[C@@]1(O)C[C@H](O[C@H]2C[C@H](N(C)C)[C@@H](O[C@H]3C[C@H](O)[C@@H](O[C@H]4CCC(=NC)C(C)O4)C(C)O3)C(C)O2)c2c(cc3c(c2O)C(=O)c2c(O)cccc2C3=O)[C@H]1C(=O)OC. The number of aromatic hydroxyl groups is 2. The first-order valence-electron chi connectivity index (χ1n) is 20.4. The summed E-state index contributed by atoms with van der Waals surface area (Å²) in [5, 5.41) is 46.0. The number of phenols is 2. The smallest absolute Gasteiger partial charge is 0.316 e. The first-order valence-corrected chi connectivity index (χ1v) is 20.4. The molecule has 322 valence electrons. The molecular formula is C43H56N2O14. The third-order valence-electron chi connectivity index (χ3n) is 12.7. The Hall–Kier alpha value is -3.84. The molecule has 3 saturated heterocycles. The average molecular weight is 825 g/mol. The zero-order valence-corrected chi connectivity index (χ0v) is 34.7. The molecule has 3 fully saturated rings. The lowest BCUT2D eigenvalue weighted by Crippen LogP contribution is -2.58. The number of carbonyl (C=O) groups excluding carboxylic acids is 3. The summed E-state index contributed by atoms with van der Waals surface area (Å²) in [6, 6.07) is 5.16. The molecule has 16 nitrogen and oxygen atoms in total. The topological polar surface area (TPSA) is 212 Å². The fraction of sp³-hybridized carbons (Fsp3) is 0.628. The Morgan fingerprint density at radius 2 is 1.61 bits per heavy atom. The number of aliphatic hydroxyl groups is 2. The number of benzene rings is 2. The van der Waals surface area contributed by atoms with Crippen LogP contribution in [0.25, 0.3) is 0 Å². The number of rotatable bonds is 9. The minimum atomic E-state index is -1.75. The van der Waals surface area contributed by atoms with Gasteiger partial charge in [0.05, 0.1) is 54.4 Å². The monoisotopic (exact) mass is 824 g/mol. The molecule has 0 spiro atoms. The van der Waals surface area contributed by atoms with Gasteiger partial charge in [0.15, 0.2) is 24.7 Å². The van der Waals surface area contributed by atoms with Crippen molar-refractivity contribution in [2.45, 2.75) is 145 Å². The van der Waals surface area contributed by atoms with Gasteiger partial charge in [0.1, 0.15) is 29.6 Å². The number of nitrogens with zero attached hydrogens (tertiary/aromatic N) is 2. The summed E-state index contributed by atoms with van der Waals surface area (Å²) in [5.41, 5.74) is -1.46. The Kier molecular flexibility index (Phi) is 12.4. The molecule has 0 amide bonds. The second kappa shape index (κ2) is 16.9. The summed E-state index contributed by atoms with van der Waals surface area (Å²) < 4.78 is 43.3. The molecule has 59 heavy (non-hydrogen) atoms. The predicted molar refractivity (Wildman–Crippen MR) is 210 cm³/mol. The quantitative estimate of drug-likeness (QED) is 0.227. The Balaban J connectivity index is 1.12. The lowest BCUT2D eigenvalue weighted by Gasteiger charge is -2.48. The third-order valence-corrected chi connectivity index (χ3v) is 12.7. The van der Waals surface area contributed by atoms with Gasteiger partial charge in [0.2, 0.25) is 5.78 Å². The minimum Gasteiger partial charge on any atom is -0.507 e. The molecule has 3 aliphatic heterocycles. The number of aliphatic imine (C=N–C) groups is 1. The van der Waals surface area contributed by atoms with Gasteiger partial charge in [-0.25, -0.2) is 0 Å². The molecule has 7 rings (SSSR count). The fourth-order valence-corrected chi connectivity index (χ4v) is 9.57. The van der Waals surface area contributed by atoms with Crippen molar-refractivity contribution in [2.24, 2.45) is 4.99 Å². The van der Waals surface area contributed by atoms with Crippen molar-refractivity contribution in [3.63, 3.8) is 0 Å². The highest BCUT2D eigenvalue weighted by molar-refractivity contribution is 6.30. The highest BCUT2D eigenvalue weighted by Gasteiger charge is 2.53. The van der Waals surface area contributed by atoms with E-state index in [1.807, 2.05) is 39.8 Å². The van der Waals surface area contributed by atoms with Crippen LogP contribution in [0.3, 0.4) is 0 Å². The van der Waals surface area contributed by atoms with Crippen LogP contribution >= 0.6 is 0 Å². The van der Waals surface area contributed by atoms with Gasteiger partial charge in [-0.05, 0) is 65.4 Å². The average Bonchev–Trinajstić information content (AvgIpc) is 3.18. The molecule has 3 unspecified atom stereocenters. The number of fused-ring (bicyclic) bond motifs is 3. The van der Waals surface area contributed by atoms with Gasteiger partial charge in [-0.1, -0.05) is 19.1 Å². The van der Waals surface area contributed by atoms with Crippen molar-refractivity contribution >= 4 is 23.2 Å². The van der Waals surface area contributed by atoms with Crippen molar-refractivity contribution in [3.05, 3.63) is 57.6 Å². The van der Waals surface area contributed by atoms with E-state index in [-0.39, 0.29) is 71.2 Å². The van der Waals surface area contributed by atoms with Crippen LogP contribution < -0.4 is 0 Å². The van der Waals surface area contributed by atoms with Gasteiger partial charge in [-0.2, -0.15) is 0 Å². The molecule has 0 saturated carbocycles. The van der Waals surface area contributed by atoms with E-state index in [4.69, 9.17) is 33.2 Å². The molecular weight excluding hydrogens is 768 g/mol. The maximum Gasteiger partial charge on any atom is 0.316 e. The maximum atomic E-state index is 13.9. The number of esters is 1. The summed E-state index contributed by atoms with van der Waals surface area (Å²) in [7, 11) is 6.70. The van der Waals surface area contributed by atoms with Gasteiger partial charge >= 0.3 is 5.97 Å². The van der Waals surface area contributed by atoms with Crippen LogP contribution in [-0.2, 0) is 38.0 Å². The summed E-state index contributed by atoms with van der Waals surface area (Å²) in [4.78, 5) is 47.5. The summed E-state index contributed by atoms with van der Waals surface area (Å²) in [5.74, 6) is -4.55. The third kappa shape index (κ3) is 7.83. The van der Waals surface area contributed by atoms with E-state index in [9.17, 15) is 34.8 Å². The highest BCUT2D eigenvalue weighted by Crippen LogP contribution is 2.54. The number of ketones is 2. The van der Waals surface area contributed by atoms with Crippen LogP contribution in [-0.4, -0.2) is 144 Å². The van der Waals surface area contributed by atoms with E-state index in [1.165, 1.54) is 31.4 Å². The number of carbonyl (C=O) groups is 3. The summed E-state index contributed by atoms with van der Waals surface area (Å²) in [6.45, 7) is 7.28. The lowest BCUT2D eigenvalue weighted by molar-refractivity contribution is -0.324. The second-order valence-electron chi connectivity index (χ2n) is 16.5. The van der Waals surface area contributed by atoms with Crippen molar-refractivity contribution in [3.8, 4) is 11.5 Å². The number of hydrogen-bond donors (Lipinski definition) is 4. The number of aliphatic hydroxyl groups excluding tert-OH is 1. The minimum absolute atomic E-state index is 0.0377. The first kappa shape index (κ1) is 43.3. The van der Waals surface area contributed by atoms with Crippen molar-refractivity contribution in [2.75, 3.05) is 28.3 Å². The van der Waals surface area contributed by atoms with E-state index in [1.54, 1.807) is 14.0 Å². The first-order chi connectivity index (χ1) is 28.0. The Bertz CT molecular complexity index is 1970. The van der Waals surface area contributed by atoms with Gasteiger partial charge in [-0.3, -0.25) is 19.4 Å². The van der Waals surface area contributed by atoms with Gasteiger partial charge in [-0.15, -0.1) is 0 Å². The number of likely N-dealkylation sites (N-methyl/N-ethyl adjacent to an activating group) is 1. The normalized spacial score (nSPS) is 36.6. The van der Waals surface area contributed by atoms with Crippen LogP contribution in [0.5, 0.6) is 11.5 Å². The number of methoxy groups -OCH3 is 1. The molecule has 2 aromatic rings. The van der Waals surface area contributed by atoms with E-state index in [0.29, 0.717) is 6.42 Å². The largest absolute Gasteiger partial charge is 0.507 e. The van der Waals surface area contributed by atoms with Gasteiger partial charge < -0.3 is 58.5 Å². The zero-order valence-electron chi connectivity index (χ0n) is 34.7. The summed E-state index contributed by atoms with van der Waals surface area (Å²) >= 11 is 0. The predicted octanol–water partition coefficient (Wildman–Crippen LogP) is 3.66. The lowest BCUT2D eigenvalue weighted by atomic mass is 9.67. The van der Waals surface area contributed by atoms with E-state index in [0.717, 1.165) is 12.1 Å². The van der Waals surface area contributed by atoms with Crippen molar-refractivity contribution < 1.29 is 68.0 Å². The number of hydrogen-bond acceptors (Lipinski definition) is 16. The zero-order chi connectivity index (χ0) is 42.7. The van der Waals surface area contributed by atoms with Crippen molar-refractivity contribution in [1.29, 1.82) is 0 Å². The molecule has 2 aliphatic carbocycles. The van der Waals surface area contributed by atoms with Crippen LogP contribution in [0.15, 0.2) is 29.3 Å². The Morgan fingerprint density at radius 1 is 0.932 bits per heavy atom. The van der Waals surface area contributed by atoms with E-state index >= 15 is 0 Å². The Morgan fingerprint density at radius 3 is 2.24 bits per heavy atom. The molecule has 4 N–H and O–H groups in total. The fourth-order valence-electron chi connectivity index (χ4n) is 9.57. The molecule has 2 aromatic carbocycles. The Labute approximate surface area is 343 Å². The molecule has 5 aliphatic rings. The van der Waals surface area contributed by atoms with Crippen LogP contribution in [0.4, 0.5) is 0 Å². The molecule has 0 aromatic heterocycles. The van der Waals surface area contributed by atoms with Crippen molar-refractivity contribution in [1.82, 2.24) is 4.90 Å². The molecule has 16 heteroatoms. The molecule has 0 radical (unpaired) electrons. The standard InChI is InChI=1S/C43H56N2O14/c1-9-43(52)18-29(34-23(36(43)42(51)53-8)15-24-35(39(34)50)38(49)33-22(37(24)48)11-10-12-27(33)46)57-31-16-26(45(6)7)40(20(3)55-31)59-32-17-28(47)41(21(4)56-32)58-30-14-13-25(44-5)19(2)54-30/h10-12,15,19-21,26,28-32,36,40-41,46-47,50,52H,9,13-14,16-18H2,1-8H3/t19?,20?,21?,26-,28-,29-,30-,31-,32-,36-,40-,41-,43+/m0/s1. The molecule has 3 heterocycles. The highest BCUT2D eigenvalue weighted by atomic mass is 16.7. The van der Waals surface area contributed by atoms with E-state index in [2.05, 4.69) is 4.99 Å². The van der Waals surface area contributed by atoms with Crippen LogP contribution in [0.2, 0.25) is 0 Å². The van der Waals surface area contributed by atoms with Crippen LogP contribution in [0.1, 0.15) is 121 Å².